The van der Waals surface area contributed by atoms with E-state index < -0.39 is 0 Å². The zero-order chi connectivity index (χ0) is 15.2. The second kappa shape index (κ2) is 7.79. The molecule has 21 heavy (non-hydrogen) atoms. The molecule has 1 aliphatic rings. The zero-order valence-corrected chi connectivity index (χ0v) is 14.2. The highest BCUT2D eigenvalue weighted by Crippen LogP contribution is 2.29. The molecule has 0 bridgehead atoms. The number of pyridine rings is 1. The monoisotopic (exact) mass is 289 g/mol. The summed E-state index contributed by atoms with van der Waals surface area (Å²) in [6.07, 6.45) is 6.35. The molecule has 0 saturated heterocycles. The van der Waals surface area contributed by atoms with Crippen molar-refractivity contribution in [1.82, 2.24) is 10.3 Å². The maximum Gasteiger partial charge on any atom is 0.129 e. The van der Waals surface area contributed by atoms with Gasteiger partial charge in [-0.15, -0.1) is 0 Å². The number of nitrogens with one attached hydrogen (secondary N) is 1. The molecule has 1 N–H and O–H groups in total. The summed E-state index contributed by atoms with van der Waals surface area (Å²) in [6.45, 7) is 8.67. The van der Waals surface area contributed by atoms with E-state index in [2.05, 4.69) is 50.2 Å². The zero-order valence-electron chi connectivity index (χ0n) is 14.2. The smallest absolute Gasteiger partial charge is 0.129 e. The van der Waals surface area contributed by atoms with Crippen molar-refractivity contribution in [3.8, 4) is 0 Å². The van der Waals surface area contributed by atoms with Crippen molar-refractivity contribution in [3.05, 3.63) is 23.4 Å². The van der Waals surface area contributed by atoms with Crippen LogP contribution >= 0.6 is 0 Å². The molecule has 1 fully saturated rings. The highest BCUT2D eigenvalue weighted by Gasteiger charge is 2.23. The molecule has 0 aromatic carbocycles. The summed E-state index contributed by atoms with van der Waals surface area (Å²) in [7, 11) is 2.22. The Bertz CT molecular complexity index is 444. The first-order chi connectivity index (χ1) is 10.1. The molecular formula is C18H31N3. The average Bonchev–Trinajstić information content (AvgIpc) is 2.51. The molecule has 1 aliphatic carbocycles. The van der Waals surface area contributed by atoms with Gasteiger partial charge in [0, 0.05) is 25.3 Å². The van der Waals surface area contributed by atoms with Crippen LogP contribution in [0.5, 0.6) is 0 Å². The Morgan fingerprint density at radius 1 is 1.29 bits per heavy atom. The Morgan fingerprint density at radius 2 is 2.10 bits per heavy atom. The summed E-state index contributed by atoms with van der Waals surface area (Å²) in [5, 5.41) is 3.42. The van der Waals surface area contributed by atoms with Gasteiger partial charge in [-0.3, -0.25) is 0 Å². The predicted octanol–water partition coefficient (Wildman–Crippen LogP) is 3.77. The Labute approximate surface area is 130 Å². The largest absolute Gasteiger partial charge is 0.357 e. The van der Waals surface area contributed by atoms with E-state index in [0.717, 1.165) is 31.2 Å². The third-order valence-electron chi connectivity index (χ3n) is 4.68. The third kappa shape index (κ3) is 4.44. The van der Waals surface area contributed by atoms with Crippen LogP contribution in [0.1, 0.15) is 57.7 Å². The molecule has 1 saturated carbocycles. The quantitative estimate of drug-likeness (QED) is 0.864. The van der Waals surface area contributed by atoms with E-state index in [1.54, 1.807) is 0 Å². The maximum absolute atomic E-state index is 4.86. The highest BCUT2D eigenvalue weighted by atomic mass is 15.2. The lowest BCUT2D eigenvalue weighted by atomic mass is 9.86. The summed E-state index contributed by atoms with van der Waals surface area (Å²) in [5.41, 5.74) is 2.56. The number of rotatable bonds is 6. The molecule has 0 radical (unpaired) electrons. The second-order valence-corrected chi connectivity index (χ2v) is 6.50. The van der Waals surface area contributed by atoms with E-state index in [-0.39, 0.29) is 0 Å². The SMILES string of the molecule is CCNCc1cc(CC)nc(N(C)C2CCCC(C)C2)c1. The molecular weight excluding hydrogens is 258 g/mol. The van der Waals surface area contributed by atoms with E-state index in [1.807, 2.05) is 0 Å². The van der Waals surface area contributed by atoms with Gasteiger partial charge in [-0.1, -0.05) is 33.6 Å². The van der Waals surface area contributed by atoms with Crippen LogP contribution in [-0.2, 0) is 13.0 Å². The van der Waals surface area contributed by atoms with Crippen LogP contribution in [0.2, 0.25) is 0 Å². The molecule has 2 rings (SSSR count). The topological polar surface area (TPSA) is 28.2 Å². The van der Waals surface area contributed by atoms with Gasteiger partial charge in [0.2, 0.25) is 0 Å². The van der Waals surface area contributed by atoms with E-state index in [0.29, 0.717) is 6.04 Å². The van der Waals surface area contributed by atoms with Gasteiger partial charge < -0.3 is 10.2 Å². The normalized spacial score (nSPS) is 22.3. The van der Waals surface area contributed by atoms with E-state index in [9.17, 15) is 0 Å². The lowest BCUT2D eigenvalue weighted by Gasteiger charge is -2.35. The van der Waals surface area contributed by atoms with Crippen molar-refractivity contribution >= 4 is 5.82 Å². The molecule has 3 heteroatoms. The van der Waals surface area contributed by atoms with Crippen LogP contribution in [-0.4, -0.2) is 24.6 Å². The van der Waals surface area contributed by atoms with Crippen LogP contribution in [0, 0.1) is 5.92 Å². The van der Waals surface area contributed by atoms with E-state index in [1.165, 1.54) is 36.9 Å². The molecule has 0 aliphatic heterocycles. The number of aromatic nitrogens is 1. The van der Waals surface area contributed by atoms with Crippen molar-refractivity contribution in [1.29, 1.82) is 0 Å². The van der Waals surface area contributed by atoms with Crippen LogP contribution < -0.4 is 10.2 Å². The minimum Gasteiger partial charge on any atom is -0.357 e. The fourth-order valence-corrected chi connectivity index (χ4v) is 3.31. The van der Waals surface area contributed by atoms with E-state index >= 15 is 0 Å². The molecule has 0 spiro atoms. The number of anilines is 1. The van der Waals surface area contributed by atoms with Gasteiger partial charge in [0.1, 0.15) is 5.82 Å². The third-order valence-corrected chi connectivity index (χ3v) is 4.68. The summed E-state index contributed by atoms with van der Waals surface area (Å²) in [5.74, 6) is 2.00. The number of hydrogen-bond donors (Lipinski definition) is 1. The fraction of sp³-hybridized carbons (Fsp3) is 0.722. The summed E-state index contributed by atoms with van der Waals surface area (Å²) >= 11 is 0. The molecule has 118 valence electrons. The number of aryl methyl sites for hydroxylation is 1. The van der Waals surface area contributed by atoms with Crippen LogP contribution in [0.15, 0.2) is 12.1 Å². The standard InChI is InChI=1S/C18H31N3/c1-5-16-11-15(13-19-6-2)12-18(20-16)21(4)17-9-7-8-14(3)10-17/h11-12,14,17,19H,5-10,13H2,1-4H3. The van der Waals surface area contributed by atoms with Crippen molar-refractivity contribution in [2.75, 3.05) is 18.5 Å². The van der Waals surface area contributed by atoms with Crippen molar-refractivity contribution in [3.63, 3.8) is 0 Å². The first-order valence-electron chi connectivity index (χ1n) is 8.57. The van der Waals surface area contributed by atoms with Gasteiger partial charge in [0.15, 0.2) is 0 Å². The number of nitrogens with zero attached hydrogens (tertiary/aromatic N) is 2. The van der Waals surface area contributed by atoms with Gasteiger partial charge in [0.05, 0.1) is 0 Å². The lowest BCUT2D eigenvalue weighted by molar-refractivity contribution is 0.335. The van der Waals surface area contributed by atoms with Gasteiger partial charge in [-0.05, 0) is 49.4 Å². The summed E-state index contributed by atoms with van der Waals surface area (Å²) in [4.78, 5) is 7.28. The van der Waals surface area contributed by atoms with Crippen molar-refractivity contribution in [2.24, 2.45) is 5.92 Å². The summed E-state index contributed by atoms with van der Waals surface area (Å²) < 4.78 is 0. The molecule has 2 atom stereocenters. The van der Waals surface area contributed by atoms with Crippen molar-refractivity contribution < 1.29 is 0 Å². The van der Waals surface area contributed by atoms with Gasteiger partial charge in [0.25, 0.3) is 0 Å². The highest BCUT2D eigenvalue weighted by molar-refractivity contribution is 5.43. The fourth-order valence-electron chi connectivity index (χ4n) is 3.31. The van der Waals surface area contributed by atoms with Gasteiger partial charge in [-0.25, -0.2) is 4.98 Å². The average molecular weight is 289 g/mol. The molecule has 3 nitrogen and oxygen atoms in total. The Kier molecular flexibility index (Phi) is 6.04. The minimum atomic E-state index is 0.653. The molecule has 1 aromatic rings. The van der Waals surface area contributed by atoms with Gasteiger partial charge >= 0.3 is 0 Å². The van der Waals surface area contributed by atoms with Crippen molar-refractivity contribution in [2.45, 2.75) is 65.5 Å². The molecule has 2 unspecified atom stereocenters. The lowest BCUT2D eigenvalue weighted by Crippen LogP contribution is -2.36. The van der Waals surface area contributed by atoms with Crippen LogP contribution in [0.25, 0.3) is 0 Å². The van der Waals surface area contributed by atoms with Crippen LogP contribution in [0.4, 0.5) is 5.82 Å². The maximum atomic E-state index is 4.86. The Morgan fingerprint density at radius 3 is 2.76 bits per heavy atom. The number of hydrogen-bond acceptors (Lipinski definition) is 3. The Balaban J connectivity index is 2.16. The predicted molar refractivity (Wildman–Crippen MR) is 90.8 cm³/mol. The first-order valence-corrected chi connectivity index (χ1v) is 8.57. The van der Waals surface area contributed by atoms with E-state index in [4.69, 9.17) is 4.98 Å². The Hall–Kier alpha value is -1.09. The second-order valence-electron chi connectivity index (χ2n) is 6.50. The van der Waals surface area contributed by atoms with Gasteiger partial charge in [-0.2, -0.15) is 0 Å². The molecule has 0 amide bonds. The molecule has 1 heterocycles. The minimum absolute atomic E-state index is 0.653. The summed E-state index contributed by atoms with van der Waals surface area (Å²) in [6, 6.07) is 5.16. The first kappa shape index (κ1) is 16.3. The molecule has 1 aromatic heterocycles. The van der Waals surface area contributed by atoms with Crippen LogP contribution in [0.3, 0.4) is 0 Å².